The summed E-state index contributed by atoms with van der Waals surface area (Å²) in [6.45, 7) is 6.76. The number of rotatable bonds is 9. The summed E-state index contributed by atoms with van der Waals surface area (Å²) in [5, 5.41) is 1.08. The van der Waals surface area contributed by atoms with Gasteiger partial charge in [0.15, 0.2) is 22.4 Å². The average Bonchev–Trinajstić information content (AvgIpc) is 3.11. The van der Waals surface area contributed by atoms with Crippen LogP contribution in [0.25, 0.3) is 6.08 Å². The van der Waals surface area contributed by atoms with Crippen molar-refractivity contribution in [2.24, 2.45) is 0 Å². The van der Waals surface area contributed by atoms with Crippen molar-refractivity contribution in [3.63, 3.8) is 0 Å². The number of thioether (sulfide) groups is 1. The van der Waals surface area contributed by atoms with Gasteiger partial charge >= 0.3 is 0 Å². The predicted molar refractivity (Wildman–Crippen MR) is 140 cm³/mol. The van der Waals surface area contributed by atoms with Gasteiger partial charge in [-0.15, -0.1) is 0 Å². The molecule has 3 rings (SSSR count). The fourth-order valence-electron chi connectivity index (χ4n) is 3.41. The van der Waals surface area contributed by atoms with E-state index in [0.29, 0.717) is 40.6 Å². The normalized spacial score (nSPS) is 14.3. The lowest BCUT2D eigenvalue weighted by Gasteiger charge is -2.19. The van der Waals surface area contributed by atoms with Crippen LogP contribution in [0.5, 0.6) is 11.5 Å². The predicted octanol–water partition coefficient (Wildman–Crippen LogP) is 3.80. The van der Waals surface area contributed by atoms with Crippen molar-refractivity contribution in [1.29, 1.82) is 0 Å². The van der Waals surface area contributed by atoms with E-state index < -0.39 is 11.8 Å². The number of likely N-dealkylation sites (N-methyl/N-ethyl adjacent to an activating group) is 1. The fraction of sp³-hybridized carbons (Fsp3) is 0.280. The zero-order valence-corrected chi connectivity index (χ0v) is 21.6. The third kappa shape index (κ3) is 6.20. The van der Waals surface area contributed by atoms with Crippen LogP contribution in [0.2, 0.25) is 0 Å². The zero-order chi connectivity index (χ0) is 25.5. The highest BCUT2D eigenvalue weighted by Crippen LogP contribution is 2.34. The molecule has 1 heterocycles. The number of hydrazine groups is 1. The van der Waals surface area contributed by atoms with Gasteiger partial charge in [-0.3, -0.25) is 19.8 Å². The van der Waals surface area contributed by atoms with Gasteiger partial charge in [-0.05, 0) is 68.4 Å². The summed E-state index contributed by atoms with van der Waals surface area (Å²) >= 11 is 6.40. The van der Waals surface area contributed by atoms with Crippen LogP contribution in [-0.4, -0.2) is 58.8 Å². The van der Waals surface area contributed by atoms with E-state index in [1.165, 1.54) is 7.11 Å². The van der Waals surface area contributed by atoms with Gasteiger partial charge in [-0.25, -0.2) is 0 Å². The average molecular weight is 514 g/mol. The highest BCUT2D eigenvalue weighted by molar-refractivity contribution is 8.26. The van der Waals surface area contributed by atoms with Crippen LogP contribution in [0.3, 0.4) is 0 Å². The molecule has 3 amide bonds. The number of thiocarbonyl (C=S) groups is 1. The maximum atomic E-state index is 12.9. The van der Waals surface area contributed by atoms with Crippen molar-refractivity contribution >= 4 is 52.1 Å². The minimum Gasteiger partial charge on any atom is -0.493 e. The molecule has 0 aliphatic carbocycles. The van der Waals surface area contributed by atoms with E-state index in [9.17, 15) is 14.4 Å². The van der Waals surface area contributed by atoms with Gasteiger partial charge in [0.2, 0.25) is 0 Å². The van der Waals surface area contributed by atoms with Crippen molar-refractivity contribution in [2.45, 2.75) is 20.8 Å². The molecule has 0 saturated carbocycles. The van der Waals surface area contributed by atoms with Crippen molar-refractivity contribution in [3.8, 4) is 11.5 Å². The Morgan fingerprint density at radius 3 is 2.51 bits per heavy atom. The van der Waals surface area contributed by atoms with Gasteiger partial charge in [0.05, 0.1) is 12.0 Å². The quantitative estimate of drug-likeness (QED) is 0.403. The number of nitrogens with zero attached hydrogens (tertiary/aromatic N) is 2. The number of methoxy groups -OCH3 is 1. The first kappa shape index (κ1) is 26.2. The highest BCUT2D eigenvalue weighted by Gasteiger charge is 2.34. The second-order valence-corrected chi connectivity index (χ2v) is 9.21. The Morgan fingerprint density at radius 1 is 1.14 bits per heavy atom. The number of amides is 3. The number of ether oxygens (including phenoxy) is 2. The summed E-state index contributed by atoms with van der Waals surface area (Å²) in [5.74, 6) is -0.107. The zero-order valence-electron chi connectivity index (χ0n) is 20.0. The molecule has 35 heavy (non-hydrogen) atoms. The van der Waals surface area contributed by atoms with Gasteiger partial charge in [0.1, 0.15) is 0 Å². The minimum absolute atomic E-state index is 0.101. The molecule has 1 N–H and O–H groups in total. The smallest absolute Gasteiger partial charge is 0.285 e. The second kappa shape index (κ2) is 11.9. The number of hydrogen-bond donors (Lipinski definition) is 1. The molecule has 2 aromatic rings. The molecule has 2 aromatic carbocycles. The summed E-state index contributed by atoms with van der Waals surface area (Å²) in [6, 6.07) is 12.2. The molecule has 1 aliphatic heterocycles. The maximum Gasteiger partial charge on any atom is 0.285 e. The molecule has 0 aromatic heterocycles. The molecule has 10 heteroatoms. The maximum absolute atomic E-state index is 12.9. The van der Waals surface area contributed by atoms with Crippen molar-refractivity contribution < 1.29 is 23.9 Å². The summed E-state index contributed by atoms with van der Waals surface area (Å²) < 4.78 is 11.3. The molecule has 1 aliphatic rings. The molecule has 0 atom stereocenters. The monoisotopic (exact) mass is 513 g/mol. The Balaban J connectivity index is 1.72. The lowest BCUT2D eigenvalue weighted by atomic mass is 10.1. The van der Waals surface area contributed by atoms with Gasteiger partial charge in [0.25, 0.3) is 17.7 Å². The summed E-state index contributed by atoms with van der Waals surface area (Å²) in [4.78, 5) is 39.8. The number of benzene rings is 2. The van der Waals surface area contributed by atoms with E-state index in [4.69, 9.17) is 21.7 Å². The van der Waals surface area contributed by atoms with E-state index in [1.54, 1.807) is 41.3 Å². The van der Waals surface area contributed by atoms with Crippen molar-refractivity contribution in [3.05, 3.63) is 64.1 Å². The lowest BCUT2D eigenvalue weighted by molar-refractivity contribution is -0.133. The lowest BCUT2D eigenvalue weighted by Crippen LogP contribution is -2.45. The summed E-state index contributed by atoms with van der Waals surface area (Å²) in [7, 11) is 1.50. The fourth-order valence-corrected chi connectivity index (χ4v) is 4.58. The second-order valence-electron chi connectivity index (χ2n) is 7.54. The highest BCUT2D eigenvalue weighted by atomic mass is 32.2. The van der Waals surface area contributed by atoms with Gasteiger partial charge in [0, 0.05) is 18.7 Å². The SMILES string of the molecule is CCN(CC)C(=O)COc1ccc(/C=C2/SC(=S)N(NC(=O)c3ccccc3C)C2=O)cc1OC. The molecule has 0 bridgehead atoms. The van der Waals surface area contributed by atoms with Crippen LogP contribution in [0.1, 0.15) is 35.3 Å². The Hall–Kier alpha value is -3.37. The number of nitrogens with one attached hydrogen (secondary N) is 1. The van der Waals surface area contributed by atoms with Crippen LogP contribution in [0, 0.1) is 6.92 Å². The largest absolute Gasteiger partial charge is 0.493 e. The Labute approximate surface area is 214 Å². The first-order chi connectivity index (χ1) is 16.8. The van der Waals surface area contributed by atoms with Crippen molar-refractivity contribution in [2.75, 3.05) is 26.8 Å². The number of carbonyl (C=O) groups is 3. The first-order valence-electron chi connectivity index (χ1n) is 11.0. The van der Waals surface area contributed by atoms with Gasteiger partial charge < -0.3 is 14.4 Å². The first-order valence-corrected chi connectivity index (χ1v) is 12.2. The topological polar surface area (TPSA) is 88.2 Å². The summed E-state index contributed by atoms with van der Waals surface area (Å²) in [5.41, 5.74) is 4.52. The molecular formula is C25H27N3O5S2. The molecular weight excluding hydrogens is 486 g/mol. The number of hydrogen-bond acceptors (Lipinski definition) is 7. The van der Waals surface area contributed by atoms with E-state index in [0.717, 1.165) is 22.3 Å². The standard InChI is InChI=1S/C25H27N3O5S2/c1-5-27(6-2)22(29)15-33-19-12-11-17(13-20(19)32-4)14-21-24(31)28(25(34)35-21)26-23(30)18-10-8-7-9-16(18)3/h7-14H,5-6,15H2,1-4H3,(H,26,30)/b21-14+. The molecule has 8 nitrogen and oxygen atoms in total. The third-order valence-electron chi connectivity index (χ3n) is 5.35. The molecule has 0 unspecified atom stereocenters. The van der Waals surface area contributed by atoms with E-state index in [1.807, 2.05) is 32.9 Å². The molecule has 1 fully saturated rings. The van der Waals surface area contributed by atoms with Crippen LogP contribution < -0.4 is 14.9 Å². The van der Waals surface area contributed by atoms with Crippen LogP contribution >= 0.6 is 24.0 Å². The Kier molecular flexibility index (Phi) is 8.89. The number of carbonyl (C=O) groups excluding carboxylic acids is 3. The van der Waals surface area contributed by atoms with E-state index >= 15 is 0 Å². The number of aryl methyl sites for hydroxylation is 1. The van der Waals surface area contributed by atoms with E-state index in [2.05, 4.69) is 5.43 Å². The minimum atomic E-state index is -0.425. The van der Waals surface area contributed by atoms with Gasteiger partial charge in [-0.2, -0.15) is 5.01 Å². The summed E-state index contributed by atoms with van der Waals surface area (Å²) in [6.07, 6.45) is 1.66. The van der Waals surface area contributed by atoms with Gasteiger partial charge in [-0.1, -0.05) is 36.0 Å². The van der Waals surface area contributed by atoms with Crippen molar-refractivity contribution in [1.82, 2.24) is 15.3 Å². The Bertz CT molecular complexity index is 1180. The van der Waals surface area contributed by atoms with E-state index in [-0.39, 0.29) is 16.8 Å². The van der Waals surface area contributed by atoms with Crippen LogP contribution in [-0.2, 0) is 9.59 Å². The third-order valence-corrected chi connectivity index (χ3v) is 6.65. The molecule has 184 valence electrons. The van der Waals surface area contributed by atoms with Crippen LogP contribution in [0.15, 0.2) is 47.4 Å². The molecule has 0 radical (unpaired) electrons. The molecule has 0 spiro atoms. The molecule has 1 saturated heterocycles. The van der Waals surface area contributed by atoms with Crippen LogP contribution in [0.4, 0.5) is 0 Å². The Morgan fingerprint density at radius 2 is 1.86 bits per heavy atom.